The molecule has 0 amide bonds. The van der Waals surface area contributed by atoms with Gasteiger partial charge in [0.15, 0.2) is 0 Å². The summed E-state index contributed by atoms with van der Waals surface area (Å²) in [7, 11) is 2.10. The smallest absolute Gasteiger partial charge is 0.310 e. The fourth-order valence-corrected chi connectivity index (χ4v) is 7.16. The lowest BCUT2D eigenvalue weighted by atomic mass is 9.76. The van der Waals surface area contributed by atoms with E-state index in [4.69, 9.17) is 9.84 Å². The molecule has 0 aliphatic carbocycles. The molecule has 1 aliphatic rings. The number of likely N-dealkylation sites (tertiary alicyclic amines) is 1. The van der Waals surface area contributed by atoms with E-state index >= 15 is 0 Å². The van der Waals surface area contributed by atoms with Crippen molar-refractivity contribution in [1.82, 2.24) is 4.90 Å². The molecule has 7 heteroatoms. The van der Waals surface area contributed by atoms with Crippen molar-refractivity contribution in [2.45, 2.75) is 187 Å². The topological polar surface area (TPSA) is 104 Å². The van der Waals surface area contributed by atoms with Crippen LogP contribution in [0.2, 0.25) is 0 Å². The fourth-order valence-electron chi connectivity index (χ4n) is 7.16. The van der Waals surface area contributed by atoms with Crippen molar-refractivity contribution in [2.24, 2.45) is 17.3 Å². The summed E-state index contributed by atoms with van der Waals surface area (Å²) in [5.41, 5.74) is -0.741. The quantitative estimate of drug-likeness (QED) is 0.0398. The molecule has 2 N–H and O–H groups in total. The van der Waals surface area contributed by atoms with Gasteiger partial charge in [0, 0.05) is 6.42 Å². The minimum atomic E-state index is -0.741. The van der Waals surface area contributed by atoms with Crippen LogP contribution in [0.15, 0.2) is 24.3 Å². The van der Waals surface area contributed by atoms with E-state index in [1.54, 1.807) is 0 Å². The Morgan fingerprint density at radius 2 is 1.20 bits per heavy atom. The first-order valence-corrected chi connectivity index (χ1v) is 20.8. The number of hydrogen-bond acceptors (Lipinski definition) is 5. The van der Waals surface area contributed by atoms with Crippen LogP contribution in [0.1, 0.15) is 187 Å². The van der Waals surface area contributed by atoms with Crippen LogP contribution in [0, 0.1) is 17.3 Å². The Morgan fingerprint density at radius 3 is 1.72 bits per heavy atom. The second kappa shape index (κ2) is 30.5. The van der Waals surface area contributed by atoms with Crippen LogP contribution in [0.3, 0.4) is 0 Å². The number of rotatable bonds is 33. The molecule has 1 saturated heterocycles. The molecule has 50 heavy (non-hydrogen) atoms. The third-order valence-corrected chi connectivity index (χ3v) is 10.8. The molecule has 1 aliphatic heterocycles. The van der Waals surface area contributed by atoms with Crippen molar-refractivity contribution in [2.75, 3.05) is 26.7 Å². The number of ether oxygens (including phenoxy) is 1. The summed E-state index contributed by atoms with van der Waals surface area (Å²) in [6.45, 7) is 6.82. The first-order chi connectivity index (χ1) is 24.2. The predicted molar refractivity (Wildman–Crippen MR) is 207 cm³/mol. The molecule has 0 bridgehead atoms. The van der Waals surface area contributed by atoms with Crippen molar-refractivity contribution in [3.8, 4) is 0 Å². The van der Waals surface area contributed by atoms with E-state index in [1.165, 1.54) is 51.4 Å². The number of piperidine rings is 1. The lowest BCUT2D eigenvalue weighted by molar-refractivity contribution is -0.152. The van der Waals surface area contributed by atoms with E-state index < -0.39 is 17.4 Å². The Bertz CT molecular complexity index is 898. The van der Waals surface area contributed by atoms with Crippen molar-refractivity contribution in [1.29, 1.82) is 0 Å². The number of carbonyl (C=O) groups is 3. The van der Waals surface area contributed by atoms with Gasteiger partial charge in [0.2, 0.25) is 0 Å². The Kier molecular flexibility index (Phi) is 28.0. The van der Waals surface area contributed by atoms with Gasteiger partial charge in [-0.25, -0.2) is 0 Å². The van der Waals surface area contributed by atoms with Gasteiger partial charge < -0.3 is 19.8 Å². The highest BCUT2D eigenvalue weighted by Crippen LogP contribution is 2.35. The lowest BCUT2D eigenvalue weighted by Gasteiger charge is -2.28. The molecule has 0 aromatic carbocycles. The number of carbonyl (C=O) groups excluding carboxylic acids is 1. The van der Waals surface area contributed by atoms with Crippen LogP contribution in [0.25, 0.3) is 0 Å². The summed E-state index contributed by atoms with van der Waals surface area (Å²) in [5.74, 6) is -1.07. The maximum Gasteiger partial charge on any atom is 0.310 e. The SMILES string of the molecule is CCCCCC/C=C\CC(C/C=C\CCCCCC)(CCCCCCC(CCCCCCCC(=O)O)COC(=O)C1CCN(C)CC1)C(=O)O. The number of aliphatic carboxylic acids is 2. The molecular formula is C43H77NO6. The minimum Gasteiger partial charge on any atom is -0.481 e. The van der Waals surface area contributed by atoms with Gasteiger partial charge in [-0.3, -0.25) is 14.4 Å². The summed E-state index contributed by atoms with van der Waals surface area (Å²) in [4.78, 5) is 38.7. The average molecular weight is 704 g/mol. The second-order valence-corrected chi connectivity index (χ2v) is 15.4. The van der Waals surface area contributed by atoms with Gasteiger partial charge in [0.1, 0.15) is 0 Å². The summed E-state index contributed by atoms with van der Waals surface area (Å²) < 4.78 is 5.90. The van der Waals surface area contributed by atoms with Crippen LogP contribution in [0.4, 0.5) is 0 Å². The summed E-state index contributed by atoms with van der Waals surface area (Å²) >= 11 is 0. The van der Waals surface area contributed by atoms with E-state index in [0.717, 1.165) is 109 Å². The number of carboxylic acids is 2. The number of esters is 1. The van der Waals surface area contributed by atoms with Gasteiger partial charge in [-0.2, -0.15) is 0 Å². The minimum absolute atomic E-state index is 0.0161. The third kappa shape index (κ3) is 23.3. The Morgan fingerprint density at radius 1 is 0.700 bits per heavy atom. The first-order valence-electron chi connectivity index (χ1n) is 20.8. The predicted octanol–water partition coefficient (Wildman–Crippen LogP) is 11.5. The van der Waals surface area contributed by atoms with Crippen LogP contribution < -0.4 is 0 Å². The number of nitrogens with zero attached hydrogens (tertiary/aromatic N) is 1. The van der Waals surface area contributed by atoms with Crippen molar-refractivity contribution < 1.29 is 29.3 Å². The summed E-state index contributed by atoms with van der Waals surface area (Å²) in [6.07, 6.45) is 35.4. The number of unbranched alkanes of at least 4 members (excludes halogenated alkanes) is 15. The van der Waals surface area contributed by atoms with Gasteiger partial charge in [0.25, 0.3) is 0 Å². The molecule has 1 unspecified atom stereocenters. The maximum atomic E-state index is 12.8. The molecule has 7 nitrogen and oxygen atoms in total. The highest BCUT2D eigenvalue weighted by Gasteiger charge is 2.35. The normalized spacial score (nSPS) is 15.3. The van der Waals surface area contributed by atoms with E-state index in [-0.39, 0.29) is 18.3 Å². The summed E-state index contributed by atoms with van der Waals surface area (Å²) in [5, 5.41) is 19.4. The number of carboxylic acid groups (broad SMARTS) is 2. The molecule has 0 spiro atoms. The van der Waals surface area contributed by atoms with Crippen molar-refractivity contribution in [3.05, 3.63) is 24.3 Å². The Balaban J connectivity index is 2.65. The zero-order chi connectivity index (χ0) is 36.7. The van der Waals surface area contributed by atoms with Gasteiger partial charge in [-0.15, -0.1) is 0 Å². The van der Waals surface area contributed by atoms with Gasteiger partial charge in [0.05, 0.1) is 17.9 Å². The highest BCUT2D eigenvalue weighted by molar-refractivity contribution is 5.75. The van der Waals surface area contributed by atoms with Gasteiger partial charge in [-0.1, -0.05) is 128 Å². The standard InChI is InChI=1S/C43H77NO6/c1-4-6-8-10-12-18-24-32-43(42(48)49,33-25-19-13-11-9-7-5-2)34-26-20-17-22-28-38(27-21-15-14-16-23-29-40(45)46)37-50-41(47)39-30-35-44(3)36-31-39/h18-19,24-25,38-39H,4-17,20-23,26-37H2,1-3H3,(H,45,46)(H,48,49)/b24-18-,25-19-. The number of allylic oxidation sites excluding steroid dienone is 4. The Labute approximate surface area is 307 Å². The molecule has 1 rings (SSSR count). The van der Waals surface area contributed by atoms with Crippen LogP contribution in [-0.4, -0.2) is 59.8 Å². The second-order valence-electron chi connectivity index (χ2n) is 15.4. The van der Waals surface area contributed by atoms with Crippen LogP contribution in [-0.2, 0) is 19.1 Å². The molecule has 290 valence electrons. The largest absolute Gasteiger partial charge is 0.481 e. The van der Waals surface area contributed by atoms with E-state index in [0.29, 0.717) is 31.8 Å². The molecule has 1 atom stereocenters. The molecule has 1 heterocycles. The highest BCUT2D eigenvalue weighted by atomic mass is 16.5. The van der Waals surface area contributed by atoms with Gasteiger partial charge >= 0.3 is 17.9 Å². The van der Waals surface area contributed by atoms with Crippen molar-refractivity contribution in [3.63, 3.8) is 0 Å². The summed E-state index contributed by atoms with van der Waals surface area (Å²) in [6, 6.07) is 0. The zero-order valence-electron chi connectivity index (χ0n) is 32.7. The number of hydrogen-bond donors (Lipinski definition) is 2. The van der Waals surface area contributed by atoms with Gasteiger partial charge in [-0.05, 0) is 103 Å². The van der Waals surface area contributed by atoms with E-state index in [2.05, 4.69) is 50.1 Å². The zero-order valence-corrected chi connectivity index (χ0v) is 32.7. The Hall–Kier alpha value is -2.15. The molecule has 0 radical (unpaired) electrons. The average Bonchev–Trinajstić information content (AvgIpc) is 3.09. The molecule has 1 fully saturated rings. The fraction of sp³-hybridized carbons (Fsp3) is 0.837. The maximum absolute atomic E-state index is 12.8. The third-order valence-electron chi connectivity index (χ3n) is 10.8. The first kappa shape index (κ1) is 45.9. The van der Waals surface area contributed by atoms with Crippen LogP contribution >= 0.6 is 0 Å². The van der Waals surface area contributed by atoms with E-state index in [1.807, 2.05) is 0 Å². The monoisotopic (exact) mass is 704 g/mol. The molecule has 0 saturated carbocycles. The van der Waals surface area contributed by atoms with Crippen molar-refractivity contribution >= 4 is 17.9 Å². The lowest BCUT2D eigenvalue weighted by Crippen LogP contribution is -2.34. The molecular weight excluding hydrogens is 626 g/mol. The molecule has 0 aromatic rings. The molecule has 0 aromatic heterocycles. The van der Waals surface area contributed by atoms with E-state index in [9.17, 15) is 19.5 Å². The van der Waals surface area contributed by atoms with Crippen LogP contribution in [0.5, 0.6) is 0 Å².